The molecule has 19 heavy (non-hydrogen) atoms. The van der Waals surface area contributed by atoms with Crippen molar-refractivity contribution in [3.63, 3.8) is 0 Å². The summed E-state index contributed by atoms with van der Waals surface area (Å²) < 4.78 is 0.888. The van der Waals surface area contributed by atoms with Crippen LogP contribution < -0.4 is 16.6 Å². The summed E-state index contributed by atoms with van der Waals surface area (Å²) in [5.41, 5.74) is 4.55. The second-order valence-corrected chi connectivity index (χ2v) is 5.40. The largest absolute Gasteiger partial charge is 0.324 e. The summed E-state index contributed by atoms with van der Waals surface area (Å²) in [4.78, 5) is 12.1. The van der Waals surface area contributed by atoms with E-state index in [0.29, 0.717) is 10.6 Å². The third-order valence-corrected chi connectivity index (χ3v) is 3.62. The summed E-state index contributed by atoms with van der Waals surface area (Å²) in [6.07, 6.45) is 0. The van der Waals surface area contributed by atoms with E-state index in [1.54, 1.807) is 42.5 Å². The summed E-state index contributed by atoms with van der Waals surface area (Å²) in [7, 11) is 0. The zero-order valence-corrected chi connectivity index (χ0v) is 12.7. The molecule has 0 heterocycles. The minimum atomic E-state index is -0.177. The fourth-order valence-corrected chi connectivity index (χ4v) is 2.51. The van der Waals surface area contributed by atoms with Gasteiger partial charge < -0.3 is 10.7 Å². The molecule has 0 spiro atoms. The van der Waals surface area contributed by atoms with Gasteiger partial charge in [0.2, 0.25) is 0 Å². The van der Waals surface area contributed by atoms with Crippen molar-refractivity contribution in [1.29, 1.82) is 0 Å². The van der Waals surface area contributed by atoms with Crippen LogP contribution in [0.15, 0.2) is 42.5 Å². The molecule has 0 aliphatic rings. The summed E-state index contributed by atoms with van der Waals surface area (Å²) in [6.45, 7) is 0. The highest BCUT2D eigenvalue weighted by molar-refractivity contribution is 14.1. The molecular weight excluding hydrogens is 377 g/mol. The fraction of sp³-hybridized carbons (Fsp3) is 0. The number of rotatable bonds is 3. The van der Waals surface area contributed by atoms with Crippen LogP contribution in [-0.4, -0.2) is 5.91 Å². The van der Waals surface area contributed by atoms with Crippen molar-refractivity contribution in [2.45, 2.75) is 0 Å². The predicted molar refractivity (Wildman–Crippen MR) is 86.4 cm³/mol. The second-order valence-electron chi connectivity index (χ2n) is 3.80. The molecule has 98 valence electrons. The van der Waals surface area contributed by atoms with Gasteiger partial charge in [-0.3, -0.25) is 10.6 Å². The van der Waals surface area contributed by atoms with Gasteiger partial charge in [0.25, 0.3) is 5.91 Å². The van der Waals surface area contributed by atoms with Crippen molar-refractivity contribution >= 4 is 51.5 Å². The van der Waals surface area contributed by atoms with Crippen molar-refractivity contribution in [3.05, 3.63) is 56.6 Å². The molecule has 6 heteroatoms. The van der Waals surface area contributed by atoms with Crippen molar-refractivity contribution in [3.8, 4) is 0 Å². The molecule has 0 atom stereocenters. The van der Waals surface area contributed by atoms with E-state index in [-0.39, 0.29) is 5.91 Å². The zero-order chi connectivity index (χ0) is 13.8. The number of nitrogen functional groups attached to an aromatic ring is 1. The predicted octanol–water partition coefficient (Wildman–Crippen LogP) is 3.48. The first-order valence-corrected chi connectivity index (χ1v) is 6.89. The fourth-order valence-electron chi connectivity index (χ4n) is 1.50. The molecule has 2 aromatic carbocycles. The number of amides is 1. The van der Waals surface area contributed by atoms with Crippen molar-refractivity contribution in [1.82, 2.24) is 0 Å². The summed E-state index contributed by atoms with van der Waals surface area (Å²) in [5.74, 6) is 5.09. The molecule has 4 nitrogen and oxygen atoms in total. The smallest absolute Gasteiger partial charge is 0.255 e. The maximum absolute atomic E-state index is 12.1. The Morgan fingerprint density at radius 3 is 2.42 bits per heavy atom. The molecule has 0 fully saturated rings. The van der Waals surface area contributed by atoms with Crippen LogP contribution in [0.4, 0.5) is 11.4 Å². The van der Waals surface area contributed by atoms with Crippen LogP contribution in [-0.2, 0) is 0 Å². The van der Waals surface area contributed by atoms with E-state index in [1.807, 2.05) is 0 Å². The lowest BCUT2D eigenvalue weighted by molar-refractivity contribution is 0.102. The SMILES string of the molecule is NNc1ccc(C(=O)Nc2ccc(Cl)cc2I)cc1. The lowest BCUT2D eigenvalue weighted by Crippen LogP contribution is -2.13. The number of benzene rings is 2. The summed E-state index contributed by atoms with van der Waals surface area (Å²) in [5, 5.41) is 3.47. The van der Waals surface area contributed by atoms with Crippen molar-refractivity contribution in [2.24, 2.45) is 5.84 Å². The number of hydrogen-bond donors (Lipinski definition) is 3. The Labute approximate surface area is 129 Å². The van der Waals surface area contributed by atoms with Gasteiger partial charge in [0.15, 0.2) is 0 Å². The number of anilines is 2. The van der Waals surface area contributed by atoms with Crippen molar-refractivity contribution in [2.75, 3.05) is 10.7 Å². The van der Waals surface area contributed by atoms with E-state index in [0.717, 1.165) is 14.9 Å². The molecule has 0 saturated carbocycles. The maximum atomic E-state index is 12.1. The Balaban J connectivity index is 2.15. The van der Waals surface area contributed by atoms with Gasteiger partial charge >= 0.3 is 0 Å². The lowest BCUT2D eigenvalue weighted by atomic mass is 10.2. The van der Waals surface area contributed by atoms with Gasteiger partial charge in [-0.2, -0.15) is 0 Å². The topological polar surface area (TPSA) is 67.1 Å². The molecule has 0 saturated heterocycles. The van der Waals surface area contributed by atoms with Crippen LogP contribution in [0.1, 0.15) is 10.4 Å². The molecule has 0 radical (unpaired) electrons. The van der Waals surface area contributed by atoms with E-state index in [1.165, 1.54) is 0 Å². The highest BCUT2D eigenvalue weighted by atomic mass is 127. The summed E-state index contributed by atoms with van der Waals surface area (Å²) >= 11 is 7.99. The minimum absolute atomic E-state index is 0.177. The maximum Gasteiger partial charge on any atom is 0.255 e. The van der Waals surface area contributed by atoms with Crippen LogP contribution in [0.5, 0.6) is 0 Å². The zero-order valence-electron chi connectivity index (χ0n) is 9.78. The van der Waals surface area contributed by atoms with E-state index < -0.39 is 0 Å². The quantitative estimate of drug-likeness (QED) is 0.429. The van der Waals surface area contributed by atoms with E-state index >= 15 is 0 Å². The van der Waals surface area contributed by atoms with Crippen LogP contribution >= 0.6 is 34.2 Å². The van der Waals surface area contributed by atoms with Crippen LogP contribution in [0.2, 0.25) is 5.02 Å². The molecule has 4 N–H and O–H groups in total. The molecule has 2 aromatic rings. The molecule has 0 aliphatic carbocycles. The number of carbonyl (C=O) groups excluding carboxylic acids is 1. The highest BCUT2D eigenvalue weighted by Gasteiger charge is 2.08. The Bertz CT molecular complexity index is 601. The molecule has 0 bridgehead atoms. The van der Waals surface area contributed by atoms with Gasteiger partial charge in [-0.05, 0) is 65.1 Å². The number of nitrogens with one attached hydrogen (secondary N) is 2. The normalized spacial score (nSPS) is 10.1. The van der Waals surface area contributed by atoms with Gasteiger partial charge in [-0.1, -0.05) is 11.6 Å². The average Bonchev–Trinajstić information content (AvgIpc) is 2.42. The number of hydrogen-bond acceptors (Lipinski definition) is 3. The van der Waals surface area contributed by atoms with Crippen LogP contribution in [0.3, 0.4) is 0 Å². The number of halogens is 2. The Hall–Kier alpha value is -1.31. The van der Waals surface area contributed by atoms with Gasteiger partial charge in [-0.15, -0.1) is 0 Å². The standard InChI is InChI=1S/C13H11ClIN3O/c14-9-3-6-12(11(15)7-9)17-13(19)8-1-4-10(18-16)5-2-8/h1-7,18H,16H2,(H,17,19). The van der Waals surface area contributed by atoms with Gasteiger partial charge in [0.05, 0.1) is 5.69 Å². The minimum Gasteiger partial charge on any atom is -0.324 e. The molecular formula is C13H11ClIN3O. The number of carbonyl (C=O) groups is 1. The van der Waals surface area contributed by atoms with Gasteiger partial charge in [0, 0.05) is 19.8 Å². The third kappa shape index (κ3) is 3.59. The van der Waals surface area contributed by atoms with E-state index in [4.69, 9.17) is 17.4 Å². The first-order valence-electron chi connectivity index (χ1n) is 5.43. The van der Waals surface area contributed by atoms with Gasteiger partial charge in [0.1, 0.15) is 0 Å². The Morgan fingerprint density at radius 2 is 1.84 bits per heavy atom. The average molecular weight is 388 g/mol. The monoisotopic (exact) mass is 387 g/mol. The second kappa shape index (κ2) is 6.23. The Morgan fingerprint density at radius 1 is 1.16 bits per heavy atom. The molecule has 0 aromatic heterocycles. The van der Waals surface area contributed by atoms with E-state index in [2.05, 4.69) is 33.3 Å². The lowest BCUT2D eigenvalue weighted by Gasteiger charge is -2.08. The van der Waals surface area contributed by atoms with Crippen molar-refractivity contribution < 1.29 is 4.79 Å². The van der Waals surface area contributed by atoms with Gasteiger partial charge in [-0.25, -0.2) is 0 Å². The highest BCUT2D eigenvalue weighted by Crippen LogP contribution is 2.23. The number of nitrogens with two attached hydrogens (primary N) is 1. The molecule has 1 amide bonds. The molecule has 0 unspecified atom stereocenters. The molecule has 2 rings (SSSR count). The van der Waals surface area contributed by atoms with E-state index in [9.17, 15) is 4.79 Å². The first kappa shape index (κ1) is 14.1. The summed E-state index contributed by atoms with van der Waals surface area (Å²) in [6, 6.07) is 12.2. The molecule has 0 aliphatic heterocycles. The third-order valence-electron chi connectivity index (χ3n) is 2.49. The Kier molecular flexibility index (Phi) is 4.62. The van der Waals surface area contributed by atoms with Crippen LogP contribution in [0, 0.1) is 3.57 Å². The first-order chi connectivity index (χ1) is 9.10. The number of hydrazine groups is 1. The van der Waals surface area contributed by atoms with Crippen LogP contribution in [0.25, 0.3) is 0 Å².